The van der Waals surface area contributed by atoms with Crippen LogP contribution in [0, 0.1) is 11.6 Å². The molecule has 8 heteroatoms. The number of hydrogen-bond donors (Lipinski definition) is 3. The number of nitrogens with two attached hydrogens (primary N) is 1. The fourth-order valence-electron chi connectivity index (χ4n) is 1.48. The third-order valence-corrected chi connectivity index (χ3v) is 2.42. The van der Waals surface area contributed by atoms with Crippen molar-refractivity contribution >= 4 is 17.8 Å². The largest absolute Gasteiger partial charge is 0.481 e. The summed E-state index contributed by atoms with van der Waals surface area (Å²) in [7, 11) is 0. The highest BCUT2D eigenvalue weighted by Gasteiger charge is 2.21. The van der Waals surface area contributed by atoms with Crippen LogP contribution in [0.4, 0.5) is 8.78 Å². The molecule has 0 aliphatic carbocycles. The number of halogens is 2. The van der Waals surface area contributed by atoms with Crippen LogP contribution in [-0.4, -0.2) is 28.9 Å². The molecule has 0 unspecified atom stereocenters. The Kier molecular flexibility index (Phi) is 5.13. The highest BCUT2D eigenvalue weighted by atomic mass is 19.1. The highest BCUT2D eigenvalue weighted by Crippen LogP contribution is 2.10. The number of rotatable bonds is 6. The van der Waals surface area contributed by atoms with Gasteiger partial charge in [0.05, 0.1) is 12.8 Å². The molecule has 1 aromatic rings. The average molecular weight is 286 g/mol. The first-order valence-electron chi connectivity index (χ1n) is 5.54. The van der Waals surface area contributed by atoms with Crippen molar-refractivity contribution in [3.63, 3.8) is 0 Å². The van der Waals surface area contributed by atoms with Crippen molar-refractivity contribution in [2.24, 2.45) is 5.73 Å². The van der Waals surface area contributed by atoms with Gasteiger partial charge in [-0.15, -0.1) is 0 Å². The van der Waals surface area contributed by atoms with E-state index in [2.05, 4.69) is 5.32 Å². The molecule has 6 nitrogen and oxygen atoms in total. The molecule has 0 aliphatic heterocycles. The molecule has 0 bridgehead atoms. The van der Waals surface area contributed by atoms with Crippen LogP contribution in [0.5, 0.6) is 0 Å². The number of amides is 2. The van der Waals surface area contributed by atoms with Crippen molar-refractivity contribution in [1.82, 2.24) is 5.32 Å². The van der Waals surface area contributed by atoms with Crippen LogP contribution >= 0.6 is 0 Å². The van der Waals surface area contributed by atoms with Gasteiger partial charge in [0.2, 0.25) is 11.8 Å². The molecule has 0 aromatic heterocycles. The van der Waals surface area contributed by atoms with Gasteiger partial charge in [0.15, 0.2) is 0 Å². The van der Waals surface area contributed by atoms with Gasteiger partial charge in [-0.2, -0.15) is 0 Å². The summed E-state index contributed by atoms with van der Waals surface area (Å²) in [5.41, 5.74) is 4.85. The summed E-state index contributed by atoms with van der Waals surface area (Å²) in [6.07, 6.45) is -1.14. The summed E-state index contributed by atoms with van der Waals surface area (Å²) in [4.78, 5) is 33.0. The van der Waals surface area contributed by atoms with Gasteiger partial charge in [-0.1, -0.05) is 6.07 Å². The molecule has 4 N–H and O–H groups in total. The number of hydrogen-bond acceptors (Lipinski definition) is 3. The van der Waals surface area contributed by atoms with E-state index in [1.807, 2.05) is 0 Å². The summed E-state index contributed by atoms with van der Waals surface area (Å²) < 4.78 is 26.0. The lowest BCUT2D eigenvalue weighted by Gasteiger charge is -2.13. The number of carboxylic acid groups (broad SMARTS) is 1. The molecule has 2 amide bonds. The Morgan fingerprint density at radius 2 is 1.95 bits per heavy atom. The fraction of sp³-hybridized carbons (Fsp3) is 0.250. The van der Waals surface area contributed by atoms with E-state index >= 15 is 0 Å². The second kappa shape index (κ2) is 6.60. The lowest BCUT2D eigenvalue weighted by atomic mass is 10.1. The van der Waals surface area contributed by atoms with E-state index in [0.717, 1.165) is 12.1 Å². The molecule has 1 rings (SSSR count). The van der Waals surface area contributed by atoms with Crippen LogP contribution < -0.4 is 11.1 Å². The van der Waals surface area contributed by atoms with Gasteiger partial charge in [-0.3, -0.25) is 14.4 Å². The molecule has 0 radical (unpaired) electrons. The molecule has 0 fully saturated rings. The molecule has 20 heavy (non-hydrogen) atoms. The summed E-state index contributed by atoms with van der Waals surface area (Å²) in [6.45, 7) is 0. The lowest BCUT2D eigenvalue weighted by molar-refractivity contribution is -0.140. The number of carbonyl (C=O) groups is 3. The Hall–Kier alpha value is -2.51. The van der Waals surface area contributed by atoms with Crippen LogP contribution in [-0.2, 0) is 20.8 Å². The second-order valence-electron chi connectivity index (χ2n) is 4.03. The number of primary amides is 1. The smallest absolute Gasteiger partial charge is 0.305 e. The zero-order chi connectivity index (χ0) is 15.3. The highest BCUT2D eigenvalue weighted by molar-refractivity contribution is 5.90. The predicted molar refractivity (Wildman–Crippen MR) is 63.4 cm³/mol. The summed E-state index contributed by atoms with van der Waals surface area (Å²) >= 11 is 0. The normalized spacial score (nSPS) is 11.7. The number of benzene rings is 1. The number of aliphatic carboxylic acids is 1. The van der Waals surface area contributed by atoms with Crippen molar-refractivity contribution < 1.29 is 28.3 Å². The van der Waals surface area contributed by atoms with E-state index in [1.54, 1.807) is 0 Å². The van der Waals surface area contributed by atoms with Gasteiger partial charge < -0.3 is 16.2 Å². The Balaban J connectivity index is 2.70. The van der Waals surface area contributed by atoms with E-state index in [0.29, 0.717) is 6.07 Å². The van der Waals surface area contributed by atoms with Crippen LogP contribution in [0.2, 0.25) is 0 Å². The zero-order valence-corrected chi connectivity index (χ0v) is 10.2. The van der Waals surface area contributed by atoms with E-state index in [1.165, 1.54) is 0 Å². The first-order valence-corrected chi connectivity index (χ1v) is 5.54. The predicted octanol–water partition coefficient (Wildman–Crippen LogP) is -0.0479. The van der Waals surface area contributed by atoms with Crippen molar-refractivity contribution in [2.45, 2.75) is 18.9 Å². The number of carbonyl (C=O) groups excluding carboxylic acids is 2. The standard InChI is InChI=1S/C12H12F2N2O4/c13-7-2-1-6(8(14)4-7)3-10(17)16-9(12(15)20)5-11(18)19/h1-2,4,9H,3,5H2,(H2,15,20)(H,16,17)(H,18,19)/t9-/m0/s1. The summed E-state index contributed by atoms with van der Waals surface area (Å²) in [5, 5.41) is 10.6. The van der Waals surface area contributed by atoms with Crippen LogP contribution in [0.3, 0.4) is 0 Å². The summed E-state index contributed by atoms with van der Waals surface area (Å²) in [6, 6.07) is 1.30. The Labute approximate surface area is 112 Å². The first kappa shape index (κ1) is 15.5. The van der Waals surface area contributed by atoms with Gasteiger partial charge in [-0.25, -0.2) is 8.78 Å². The van der Waals surface area contributed by atoms with Gasteiger partial charge >= 0.3 is 5.97 Å². The molecule has 0 spiro atoms. The van der Waals surface area contributed by atoms with Crippen LogP contribution in [0.1, 0.15) is 12.0 Å². The maximum atomic E-state index is 13.3. The molecule has 0 saturated carbocycles. The van der Waals surface area contributed by atoms with Crippen molar-refractivity contribution in [3.8, 4) is 0 Å². The topological polar surface area (TPSA) is 109 Å². The Morgan fingerprint density at radius 3 is 2.45 bits per heavy atom. The zero-order valence-electron chi connectivity index (χ0n) is 10.2. The minimum absolute atomic E-state index is 0.0811. The van der Waals surface area contributed by atoms with Gasteiger partial charge in [0.25, 0.3) is 0 Å². The third-order valence-electron chi connectivity index (χ3n) is 2.42. The Morgan fingerprint density at radius 1 is 1.30 bits per heavy atom. The van der Waals surface area contributed by atoms with E-state index in [4.69, 9.17) is 10.8 Å². The van der Waals surface area contributed by atoms with Gasteiger partial charge in [0.1, 0.15) is 17.7 Å². The first-order chi connectivity index (χ1) is 9.29. The minimum atomic E-state index is -1.39. The van der Waals surface area contributed by atoms with Crippen molar-refractivity contribution in [2.75, 3.05) is 0 Å². The molecule has 0 aliphatic rings. The second-order valence-corrected chi connectivity index (χ2v) is 4.03. The molecule has 0 heterocycles. The Bertz CT molecular complexity index is 548. The monoisotopic (exact) mass is 286 g/mol. The summed E-state index contributed by atoms with van der Waals surface area (Å²) in [5.74, 6) is -4.82. The maximum Gasteiger partial charge on any atom is 0.305 e. The molecular formula is C12H12F2N2O4. The fourth-order valence-corrected chi connectivity index (χ4v) is 1.48. The third kappa shape index (κ3) is 4.63. The average Bonchev–Trinajstić information content (AvgIpc) is 2.31. The van der Waals surface area contributed by atoms with Gasteiger partial charge in [0, 0.05) is 6.07 Å². The molecule has 1 atom stereocenters. The lowest BCUT2D eigenvalue weighted by Crippen LogP contribution is -2.46. The quantitative estimate of drug-likeness (QED) is 0.681. The van der Waals surface area contributed by atoms with E-state index < -0.39 is 48.3 Å². The van der Waals surface area contributed by atoms with Crippen molar-refractivity contribution in [1.29, 1.82) is 0 Å². The minimum Gasteiger partial charge on any atom is -0.481 e. The number of carboxylic acids is 1. The molecule has 1 aromatic carbocycles. The van der Waals surface area contributed by atoms with Crippen molar-refractivity contribution in [3.05, 3.63) is 35.4 Å². The number of nitrogens with one attached hydrogen (secondary N) is 1. The van der Waals surface area contributed by atoms with Crippen LogP contribution in [0.15, 0.2) is 18.2 Å². The SMILES string of the molecule is NC(=O)[C@H](CC(=O)O)NC(=O)Cc1ccc(F)cc1F. The van der Waals surface area contributed by atoms with E-state index in [9.17, 15) is 23.2 Å². The van der Waals surface area contributed by atoms with Crippen LogP contribution in [0.25, 0.3) is 0 Å². The molecule has 108 valence electrons. The van der Waals surface area contributed by atoms with E-state index in [-0.39, 0.29) is 5.56 Å². The molecular weight excluding hydrogens is 274 g/mol. The van der Waals surface area contributed by atoms with Gasteiger partial charge in [-0.05, 0) is 11.6 Å². The maximum absolute atomic E-state index is 13.3. The molecule has 0 saturated heterocycles.